The van der Waals surface area contributed by atoms with Crippen molar-refractivity contribution in [3.8, 4) is 11.3 Å². The number of carboxylic acids is 1. The highest BCUT2D eigenvalue weighted by molar-refractivity contribution is 5.88. The Morgan fingerprint density at radius 1 is 1.28 bits per heavy atom. The molecule has 32 heavy (non-hydrogen) atoms. The lowest BCUT2D eigenvalue weighted by atomic mass is 9.99. The number of benzene rings is 1. The number of aromatic nitrogens is 2. The van der Waals surface area contributed by atoms with Crippen LogP contribution >= 0.6 is 0 Å². The molecule has 0 radical (unpaired) electrons. The average molecular weight is 443 g/mol. The molecule has 3 rings (SSSR count). The lowest BCUT2D eigenvalue weighted by Crippen LogP contribution is -2.42. The van der Waals surface area contributed by atoms with E-state index in [4.69, 9.17) is 20.6 Å². The van der Waals surface area contributed by atoms with Crippen LogP contribution in [0.25, 0.3) is 11.3 Å². The van der Waals surface area contributed by atoms with E-state index < -0.39 is 23.6 Å². The number of fused-ring (bicyclic) bond motifs is 1. The summed E-state index contributed by atoms with van der Waals surface area (Å²) < 4.78 is 7.29. The van der Waals surface area contributed by atoms with Gasteiger partial charge in [-0.05, 0) is 45.7 Å². The van der Waals surface area contributed by atoms with Crippen LogP contribution < -0.4 is 11.1 Å². The molecule has 0 saturated carbocycles. The number of carboxylic acid groups (broad SMARTS) is 1. The fourth-order valence-corrected chi connectivity index (χ4v) is 3.66. The first-order valence-electron chi connectivity index (χ1n) is 10.7. The van der Waals surface area contributed by atoms with Gasteiger partial charge in [0.05, 0.1) is 17.7 Å². The van der Waals surface area contributed by atoms with Gasteiger partial charge in [-0.15, -0.1) is 0 Å². The Labute approximate surface area is 187 Å². The van der Waals surface area contributed by atoms with Crippen LogP contribution in [-0.4, -0.2) is 50.7 Å². The molecule has 0 bridgehead atoms. The van der Waals surface area contributed by atoms with Gasteiger partial charge in [-0.1, -0.05) is 12.1 Å². The van der Waals surface area contributed by atoms with Gasteiger partial charge in [0, 0.05) is 30.8 Å². The van der Waals surface area contributed by atoms with Crippen molar-refractivity contribution in [1.82, 2.24) is 14.9 Å². The highest BCUT2D eigenvalue weighted by Gasteiger charge is 2.26. The maximum absolute atomic E-state index is 12.3. The number of hydrogen-bond donors (Lipinski definition) is 3. The minimum absolute atomic E-state index is 0.0393. The van der Waals surface area contributed by atoms with Crippen LogP contribution in [0, 0.1) is 0 Å². The molecule has 0 aliphatic carbocycles. The van der Waals surface area contributed by atoms with Crippen LogP contribution in [0.4, 0.5) is 0 Å². The Hall–Kier alpha value is -3.20. The molecule has 2 atom stereocenters. The molecule has 0 spiro atoms. The molecule has 9 nitrogen and oxygen atoms in total. The van der Waals surface area contributed by atoms with Gasteiger partial charge in [0.1, 0.15) is 17.5 Å². The fourth-order valence-electron chi connectivity index (χ4n) is 3.66. The number of nitrogens with two attached hydrogens (primary N) is 1. The van der Waals surface area contributed by atoms with E-state index in [1.165, 1.54) is 0 Å². The van der Waals surface area contributed by atoms with E-state index >= 15 is 0 Å². The predicted octanol–water partition coefficient (Wildman–Crippen LogP) is 2.30. The number of carbonyl (C=O) groups excluding carboxylic acids is 2. The minimum atomic E-state index is -1.01. The number of nitrogens with zero attached hydrogens (tertiary/aromatic N) is 2. The normalized spacial score (nSPS) is 16.7. The van der Waals surface area contributed by atoms with Crippen LogP contribution in [0.3, 0.4) is 0 Å². The van der Waals surface area contributed by atoms with Crippen molar-refractivity contribution in [1.29, 1.82) is 0 Å². The quantitative estimate of drug-likeness (QED) is 0.560. The summed E-state index contributed by atoms with van der Waals surface area (Å²) in [5.74, 6) is -0.957. The first-order valence-corrected chi connectivity index (χ1v) is 10.7. The molecule has 1 aliphatic rings. The van der Waals surface area contributed by atoms with E-state index in [9.17, 15) is 14.4 Å². The fraction of sp³-hybridized carbons (Fsp3) is 0.478. The molecule has 0 fully saturated rings. The molecule has 172 valence electrons. The number of imidazole rings is 1. The topological polar surface area (TPSA) is 137 Å². The van der Waals surface area contributed by atoms with Gasteiger partial charge in [0.2, 0.25) is 5.91 Å². The number of aromatic carboxylic acids is 1. The molecule has 2 heterocycles. The van der Waals surface area contributed by atoms with Crippen LogP contribution in [0.2, 0.25) is 0 Å². The Bertz CT molecular complexity index is 991. The van der Waals surface area contributed by atoms with Crippen molar-refractivity contribution >= 4 is 17.8 Å². The summed E-state index contributed by atoms with van der Waals surface area (Å²) in [6, 6.07) is 5.59. The molecule has 1 aromatic carbocycles. The molecule has 2 unspecified atom stereocenters. The zero-order valence-corrected chi connectivity index (χ0v) is 18.6. The SMILES string of the molecule is CC(C)(C)OC(=O)C(N)CC(=O)NCC1CCCn2cc(-c3ccc(C(=O)O)cc3)nc21. The van der Waals surface area contributed by atoms with E-state index in [2.05, 4.69) is 9.88 Å². The number of aryl methyl sites for hydroxylation is 1. The van der Waals surface area contributed by atoms with E-state index in [0.29, 0.717) is 6.54 Å². The third-order valence-electron chi connectivity index (χ3n) is 5.21. The molecular formula is C23H30N4O5. The third-order valence-corrected chi connectivity index (χ3v) is 5.21. The average Bonchev–Trinajstić information content (AvgIpc) is 3.16. The Morgan fingerprint density at radius 2 is 1.97 bits per heavy atom. The molecule has 4 N–H and O–H groups in total. The summed E-state index contributed by atoms with van der Waals surface area (Å²) in [7, 11) is 0. The van der Waals surface area contributed by atoms with Gasteiger partial charge >= 0.3 is 11.9 Å². The van der Waals surface area contributed by atoms with Crippen molar-refractivity contribution in [2.45, 2.75) is 64.1 Å². The molecular weight excluding hydrogens is 412 g/mol. The number of amides is 1. The van der Waals surface area contributed by atoms with E-state index in [1.54, 1.807) is 45.0 Å². The summed E-state index contributed by atoms with van der Waals surface area (Å²) >= 11 is 0. The highest BCUT2D eigenvalue weighted by atomic mass is 16.6. The van der Waals surface area contributed by atoms with Crippen LogP contribution in [0.1, 0.15) is 62.1 Å². The minimum Gasteiger partial charge on any atom is -0.478 e. The molecule has 1 aromatic heterocycles. The maximum atomic E-state index is 12.3. The second kappa shape index (κ2) is 9.52. The monoisotopic (exact) mass is 442 g/mol. The van der Waals surface area contributed by atoms with Gasteiger partial charge in [-0.2, -0.15) is 0 Å². The van der Waals surface area contributed by atoms with Crippen molar-refractivity contribution in [3.05, 3.63) is 41.9 Å². The van der Waals surface area contributed by atoms with Crippen molar-refractivity contribution < 1.29 is 24.2 Å². The summed E-state index contributed by atoms with van der Waals surface area (Å²) in [4.78, 5) is 40.1. The number of esters is 1. The van der Waals surface area contributed by atoms with Crippen LogP contribution in [0.5, 0.6) is 0 Å². The van der Waals surface area contributed by atoms with E-state index in [0.717, 1.165) is 36.5 Å². The van der Waals surface area contributed by atoms with E-state index in [-0.39, 0.29) is 23.8 Å². The molecule has 1 aliphatic heterocycles. The first kappa shape index (κ1) is 23.5. The molecule has 1 amide bonds. The largest absolute Gasteiger partial charge is 0.478 e. The van der Waals surface area contributed by atoms with Gasteiger partial charge in [-0.3, -0.25) is 9.59 Å². The summed E-state index contributed by atoms with van der Waals surface area (Å²) in [6.07, 6.45) is 3.65. The Morgan fingerprint density at radius 3 is 2.59 bits per heavy atom. The second-order valence-corrected chi connectivity index (χ2v) is 9.05. The lowest BCUT2D eigenvalue weighted by Gasteiger charge is -2.24. The number of rotatable bonds is 7. The second-order valence-electron chi connectivity index (χ2n) is 9.05. The Balaban J connectivity index is 1.61. The molecule has 2 aromatic rings. The number of ether oxygens (including phenoxy) is 1. The van der Waals surface area contributed by atoms with Gasteiger partial charge in [-0.25, -0.2) is 9.78 Å². The Kier molecular flexibility index (Phi) is 6.98. The number of nitrogens with one attached hydrogen (secondary N) is 1. The maximum Gasteiger partial charge on any atom is 0.335 e. The predicted molar refractivity (Wildman–Crippen MR) is 118 cm³/mol. The smallest absolute Gasteiger partial charge is 0.335 e. The third kappa shape index (κ3) is 5.94. The lowest BCUT2D eigenvalue weighted by molar-refractivity contribution is -0.157. The number of hydrogen-bond acceptors (Lipinski definition) is 6. The zero-order chi connectivity index (χ0) is 23.5. The van der Waals surface area contributed by atoms with Crippen molar-refractivity contribution in [2.24, 2.45) is 5.73 Å². The van der Waals surface area contributed by atoms with Gasteiger partial charge in [0.25, 0.3) is 0 Å². The van der Waals surface area contributed by atoms with E-state index in [1.807, 2.05) is 6.20 Å². The van der Waals surface area contributed by atoms with Gasteiger partial charge < -0.3 is 25.5 Å². The van der Waals surface area contributed by atoms with Crippen molar-refractivity contribution in [3.63, 3.8) is 0 Å². The summed E-state index contributed by atoms with van der Waals surface area (Å²) in [5.41, 5.74) is 6.99. The van der Waals surface area contributed by atoms with Crippen LogP contribution in [-0.2, 0) is 20.9 Å². The highest BCUT2D eigenvalue weighted by Crippen LogP contribution is 2.29. The molecule has 0 saturated heterocycles. The first-order chi connectivity index (χ1) is 15.0. The summed E-state index contributed by atoms with van der Waals surface area (Å²) in [5, 5.41) is 11.9. The standard InChI is InChI=1S/C23H30N4O5/c1-23(2,3)32-22(31)17(24)11-19(28)25-12-16-5-4-10-27-13-18(26-20(16)27)14-6-8-15(9-7-14)21(29)30/h6-9,13,16-17H,4-5,10-12,24H2,1-3H3,(H,25,28)(H,29,30). The molecule has 9 heteroatoms. The van der Waals surface area contributed by atoms with Crippen LogP contribution in [0.15, 0.2) is 30.5 Å². The zero-order valence-electron chi connectivity index (χ0n) is 18.6. The number of carbonyl (C=O) groups is 3. The van der Waals surface area contributed by atoms with Gasteiger partial charge in [0.15, 0.2) is 0 Å². The van der Waals surface area contributed by atoms with Crippen molar-refractivity contribution in [2.75, 3.05) is 6.54 Å². The summed E-state index contributed by atoms with van der Waals surface area (Å²) in [6.45, 7) is 6.48.